The number of carbonyl (C=O) groups excluding carboxylic acids is 1. The van der Waals surface area contributed by atoms with E-state index in [0.29, 0.717) is 12.0 Å². The molecule has 6 nitrogen and oxygen atoms in total. The van der Waals surface area contributed by atoms with Crippen molar-refractivity contribution in [3.63, 3.8) is 0 Å². The lowest BCUT2D eigenvalue weighted by Gasteiger charge is -2.23. The van der Waals surface area contributed by atoms with Gasteiger partial charge < -0.3 is 20.1 Å². The number of aromatic nitrogens is 2. The molecule has 2 aliphatic rings. The Bertz CT molecular complexity index is 530. The predicted molar refractivity (Wildman–Crippen MR) is 82.0 cm³/mol. The number of amides is 1. The molecule has 1 aliphatic heterocycles. The number of hydrogen-bond acceptors (Lipinski definition) is 4. The van der Waals surface area contributed by atoms with Gasteiger partial charge in [-0.3, -0.25) is 4.79 Å². The van der Waals surface area contributed by atoms with Crippen LogP contribution in [0.5, 0.6) is 0 Å². The van der Waals surface area contributed by atoms with Crippen molar-refractivity contribution < 1.29 is 4.79 Å². The zero-order chi connectivity index (χ0) is 15.0. The molecule has 0 aromatic carbocycles. The van der Waals surface area contributed by atoms with Crippen LogP contribution in [-0.2, 0) is 18.4 Å². The van der Waals surface area contributed by atoms with Gasteiger partial charge in [-0.1, -0.05) is 0 Å². The molecule has 1 unspecified atom stereocenters. The maximum Gasteiger partial charge on any atom is 0.224 e. The molecular weight excluding hydrogens is 266 g/mol. The Morgan fingerprint density at radius 3 is 2.86 bits per heavy atom. The molecule has 2 N–H and O–H groups in total. The van der Waals surface area contributed by atoms with E-state index in [4.69, 9.17) is 0 Å². The van der Waals surface area contributed by atoms with Crippen LogP contribution in [0.15, 0.2) is 6.20 Å². The minimum Gasteiger partial charge on any atom is -0.350 e. The molecule has 1 saturated carbocycles. The third-order valence-electron chi connectivity index (χ3n) is 5.01. The number of imidazole rings is 1. The first kappa shape index (κ1) is 14.4. The molecule has 1 saturated heterocycles. The fourth-order valence-electron chi connectivity index (χ4n) is 3.51. The summed E-state index contributed by atoms with van der Waals surface area (Å²) < 4.78 is 2.02. The largest absolute Gasteiger partial charge is 0.350 e. The molecule has 2 fully saturated rings. The highest BCUT2D eigenvalue weighted by molar-refractivity contribution is 5.82. The summed E-state index contributed by atoms with van der Waals surface area (Å²) in [5.41, 5.74) is 1.34. The van der Waals surface area contributed by atoms with E-state index in [1.54, 1.807) is 0 Å². The Morgan fingerprint density at radius 2 is 2.24 bits per heavy atom. The summed E-state index contributed by atoms with van der Waals surface area (Å²) >= 11 is 0. The lowest BCUT2D eigenvalue weighted by molar-refractivity contribution is -0.123. The third kappa shape index (κ3) is 2.64. The maximum absolute atomic E-state index is 12.3. The Labute approximate surface area is 125 Å². The lowest BCUT2D eigenvalue weighted by atomic mass is 9.92. The number of nitrogens with one attached hydrogen (secondary N) is 2. The highest BCUT2D eigenvalue weighted by atomic mass is 16.2. The first-order valence-electron chi connectivity index (χ1n) is 7.70. The molecule has 2 heterocycles. The van der Waals surface area contributed by atoms with Crippen molar-refractivity contribution in [3.8, 4) is 0 Å². The normalized spacial score (nSPS) is 23.1. The van der Waals surface area contributed by atoms with E-state index in [-0.39, 0.29) is 11.8 Å². The molecule has 1 aliphatic carbocycles. The number of rotatable bonds is 4. The third-order valence-corrected chi connectivity index (χ3v) is 5.01. The van der Waals surface area contributed by atoms with E-state index < -0.39 is 0 Å². The first-order chi connectivity index (χ1) is 10.0. The second-order valence-electron chi connectivity index (χ2n) is 6.59. The molecule has 1 amide bonds. The van der Waals surface area contributed by atoms with Gasteiger partial charge in [0.15, 0.2) is 0 Å². The Kier molecular flexibility index (Phi) is 3.65. The van der Waals surface area contributed by atoms with Crippen molar-refractivity contribution >= 4 is 11.9 Å². The van der Waals surface area contributed by atoms with E-state index in [1.807, 2.05) is 36.8 Å². The molecular formula is C15H25N5O. The van der Waals surface area contributed by atoms with Gasteiger partial charge in [-0.05, 0) is 37.8 Å². The van der Waals surface area contributed by atoms with Gasteiger partial charge in [0.05, 0.1) is 18.4 Å². The topological polar surface area (TPSA) is 62.2 Å². The van der Waals surface area contributed by atoms with E-state index in [2.05, 4.69) is 15.6 Å². The Balaban J connectivity index is 1.55. The standard InChI is InChI=1S/C15H25N5O/c1-19(2)14-18-10-11(20(14)3)9-17-13(21)12-8-15(12)4-6-16-7-5-15/h10,12,16H,4-9H2,1-3H3,(H,17,21). The Hall–Kier alpha value is -1.56. The van der Waals surface area contributed by atoms with E-state index in [0.717, 1.165) is 44.0 Å². The minimum atomic E-state index is 0.213. The SMILES string of the molecule is CN(C)c1ncc(CNC(=O)C2CC23CCNCC3)n1C. The van der Waals surface area contributed by atoms with Crippen molar-refractivity contribution in [1.82, 2.24) is 20.2 Å². The van der Waals surface area contributed by atoms with Crippen molar-refractivity contribution in [1.29, 1.82) is 0 Å². The van der Waals surface area contributed by atoms with Gasteiger partial charge in [-0.25, -0.2) is 4.98 Å². The van der Waals surface area contributed by atoms with Crippen LogP contribution < -0.4 is 15.5 Å². The smallest absolute Gasteiger partial charge is 0.224 e. The van der Waals surface area contributed by atoms with E-state index in [1.165, 1.54) is 0 Å². The van der Waals surface area contributed by atoms with Crippen molar-refractivity contribution in [3.05, 3.63) is 11.9 Å². The van der Waals surface area contributed by atoms with E-state index >= 15 is 0 Å². The summed E-state index contributed by atoms with van der Waals surface area (Å²) in [6.45, 7) is 2.66. The Morgan fingerprint density at radius 1 is 1.52 bits per heavy atom. The van der Waals surface area contributed by atoms with E-state index in [9.17, 15) is 4.79 Å². The van der Waals surface area contributed by atoms with Crippen LogP contribution >= 0.6 is 0 Å². The summed E-state index contributed by atoms with van der Waals surface area (Å²) in [4.78, 5) is 18.7. The average molecular weight is 291 g/mol. The highest BCUT2D eigenvalue weighted by Crippen LogP contribution is 2.58. The summed E-state index contributed by atoms with van der Waals surface area (Å²) in [5, 5.41) is 6.46. The average Bonchev–Trinajstić information content (AvgIpc) is 3.01. The zero-order valence-corrected chi connectivity index (χ0v) is 13.1. The molecule has 3 rings (SSSR count). The van der Waals surface area contributed by atoms with Crippen LogP contribution in [-0.4, -0.2) is 42.6 Å². The number of carbonyl (C=O) groups is 1. The van der Waals surface area contributed by atoms with Crippen LogP contribution in [0.1, 0.15) is 25.0 Å². The van der Waals surface area contributed by atoms with Gasteiger partial charge in [0.25, 0.3) is 0 Å². The highest BCUT2D eigenvalue weighted by Gasteiger charge is 2.57. The second kappa shape index (κ2) is 5.33. The van der Waals surface area contributed by atoms with Crippen LogP contribution in [0.25, 0.3) is 0 Å². The summed E-state index contributed by atoms with van der Waals surface area (Å²) in [5.74, 6) is 1.34. The summed E-state index contributed by atoms with van der Waals surface area (Å²) in [6, 6.07) is 0. The van der Waals surface area contributed by atoms with Gasteiger partial charge in [0, 0.05) is 27.1 Å². The van der Waals surface area contributed by atoms with Gasteiger partial charge >= 0.3 is 0 Å². The summed E-state index contributed by atoms with van der Waals surface area (Å²) in [7, 11) is 5.92. The van der Waals surface area contributed by atoms with Crippen LogP contribution in [0.3, 0.4) is 0 Å². The molecule has 6 heteroatoms. The molecule has 1 spiro atoms. The number of piperidine rings is 1. The lowest BCUT2D eigenvalue weighted by Crippen LogP contribution is -2.33. The van der Waals surface area contributed by atoms with Gasteiger partial charge in [-0.15, -0.1) is 0 Å². The van der Waals surface area contributed by atoms with Crippen molar-refractivity contribution in [2.24, 2.45) is 18.4 Å². The predicted octanol–water partition coefficient (Wildman–Crippen LogP) is 0.492. The van der Waals surface area contributed by atoms with Crippen molar-refractivity contribution in [2.45, 2.75) is 25.8 Å². The molecule has 1 atom stereocenters. The second-order valence-corrected chi connectivity index (χ2v) is 6.59. The molecule has 116 valence electrons. The van der Waals surface area contributed by atoms with Gasteiger partial charge in [0.2, 0.25) is 11.9 Å². The summed E-state index contributed by atoms with van der Waals surface area (Å²) in [6.07, 6.45) is 5.18. The fraction of sp³-hybridized carbons (Fsp3) is 0.733. The van der Waals surface area contributed by atoms with Gasteiger partial charge in [-0.2, -0.15) is 0 Å². The molecule has 0 bridgehead atoms. The number of anilines is 1. The number of nitrogens with zero attached hydrogens (tertiary/aromatic N) is 3. The molecule has 1 aromatic heterocycles. The van der Waals surface area contributed by atoms with Crippen LogP contribution in [0.4, 0.5) is 5.95 Å². The minimum absolute atomic E-state index is 0.213. The van der Waals surface area contributed by atoms with Crippen LogP contribution in [0.2, 0.25) is 0 Å². The maximum atomic E-state index is 12.3. The quantitative estimate of drug-likeness (QED) is 0.848. The first-order valence-corrected chi connectivity index (χ1v) is 7.70. The van der Waals surface area contributed by atoms with Crippen LogP contribution in [0, 0.1) is 11.3 Å². The van der Waals surface area contributed by atoms with Crippen molar-refractivity contribution in [2.75, 3.05) is 32.1 Å². The fourth-order valence-corrected chi connectivity index (χ4v) is 3.51. The monoisotopic (exact) mass is 291 g/mol. The zero-order valence-electron chi connectivity index (χ0n) is 13.1. The molecule has 0 radical (unpaired) electrons. The van der Waals surface area contributed by atoms with Gasteiger partial charge in [0.1, 0.15) is 0 Å². The molecule has 21 heavy (non-hydrogen) atoms. The molecule has 1 aromatic rings. The number of hydrogen-bond donors (Lipinski definition) is 2.